The minimum absolute atomic E-state index is 0.925. The van der Waals surface area contributed by atoms with E-state index in [2.05, 4.69) is 0 Å². The summed E-state index contributed by atoms with van der Waals surface area (Å²) in [4.78, 5) is 0. The molecule has 0 nitrogen and oxygen atoms in total. The number of rotatable bonds is 0. The van der Waals surface area contributed by atoms with Crippen molar-refractivity contribution in [2.75, 3.05) is 0 Å². The lowest BCUT2D eigenvalue weighted by Gasteiger charge is -2.59. The second-order valence-corrected chi connectivity index (χ2v) is 4.78. The molecule has 4 aliphatic rings. The maximum absolute atomic E-state index is 1.61. The highest BCUT2D eigenvalue weighted by molar-refractivity contribution is 5.03. The van der Waals surface area contributed by atoms with E-state index in [9.17, 15) is 0 Å². The van der Waals surface area contributed by atoms with Gasteiger partial charge in [0, 0.05) is 0 Å². The molecule has 10 heavy (non-hydrogen) atoms. The summed E-state index contributed by atoms with van der Waals surface area (Å²) in [6.45, 7) is 0. The van der Waals surface area contributed by atoms with Gasteiger partial charge in [0.1, 0.15) is 0 Å². The van der Waals surface area contributed by atoms with Gasteiger partial charge in [0.2, 0.25) is 0 Å². The van der Waals surface area contributed by atoms with Gasteiger partial charge >= 0.3 is 0 Å². The van der Waals surface area contributed by atoms with Crippen LogP contribution in [0.1, 0.15) is 44.9 Å². The molecule has 0 heterocycles. The van der Waals surface area contributed by atoms with E-state index in [0.717, 1.165) is 11.3 Å². The fraction of sp³-hybridized carbons (Fsp3) is 1.00. The molecule has 0 aromatic carbocycles. The smallest absolute Gasteiger partial charge is 0.0269 e. The van der Waals surface area contributed by atoms with Crippen LogP contribution in [0.25, 0.3) is 0 Å². The summed E-state index contributed by atoms with van der Waals surface area (Å²) in [5.41, 5.74) is 0.925. The molecule has 0 heteroatoms. The van der Waals surface area contributed by atoms with Crippen LogP contribution in [0.4, 0.5) is 0 Å². The van der Waals surface area contributed by atoms with Gasteiger partial charge in [-0.3, -0.25) is 0 Å². The van der Waals surface area contributed by atoms with Crippen molar-refractivity contribution in [2.45, 2.75) is 44.9 Å². The Balaban J connectivity index is 1.93. The Morgan fingerprint density at radius 2 is 1.60 bits per heavy atom. The van der Waals surface area contributed by atoms with Gasteiger partial charge in [-0.1, -0.05) is 0 Å². The van der Waals surface area contributed by atoms with Gasteiger partial charge in [0.15, 0.2) is 0 Å². The van der Waals surface area contributed by atoms with Crippen molar-refractivity contribution in [2.24, 2.45) is 17.3 Å². The Morgan fingerprint density at radius 3 is 1.90 bits per heavy atom. The van der Waals surface area contributed by atoms with Crippen molar-refractivity contribution in [1.29, 1.82) is 0 Å². The molecule has 0 aromatic heterocycles. The summed E-state index contributed by atoms with van der Waals surface area (Å²) in [5, 5.41) is 0. The molecule has 4 aliphatic carbocycles. The van der Waals surface area contributed by atoms with E-state index in [-0.39, 0.29) is 0 Å². The molecule has 1 unspecified atom stereocenters. The SMILES string of the molecule is C1CC23CCC1CC2CC3. The highest BCUT2D eigenvalue weighted by Crippen LogP contribution is 2.63. The van der Waals surface area contributed by atoms with E-state index in [1.165, 1.54) is 5.92 Å². The zero-order valence-electron chi connectivity index (χ0n) is 6.60. The standard InChI is InChI=1S/C10H16/c1-4-10-5-2-8(1)7-9(10)3-6-10/h8-9H,1-7H2. The molecule has 0 aliphatic heterocycles. The average Bonchev–Trinajstić information content (AvgIpc) is 1.97. The zero-order valence-corrected chi connectivity index (χ0v) is 6.60. The van der Waals surface area contributed by atoms with Crippen LogP contribution >= 0.6 is 0 Å². The molecule has 0 radical (unpaired) electrons. The summed E-state index contributed by atoms with van der Waals surface area (Å²) in [6, 6.07) is 0. The maximum Gasteiger partial charge on any atom is -0.0269 e. The van der Waals surface area contributed by atoms with Gasteiger partial charge in [-0.15, -0.1) is 0 Å². The van der Waals surface area contributed by atoms with Crippen LogP contribution in [-0.4, -0.2) is 0 Å². The Kier molecular flexibility index (Phi) is 0.898. The summed E-state index contributed by atoms with van der Waals surface area (Å²) in [5.74, 6) is 2.35. The predicted molar refractivity (Wildman–Crippen MR) is 41.7 cm³/mol. The Morgan fingerprint density at radius 1 is 0.900 bits per heavy atom. The first-order valence-electron chi connectivity index (χ1n) is 4.89. The van der Waals surface area contributed by atoms with Gasteiger partial charge in [0.05, 0.1) is 0 Å². The molecular weight excluding hydrogens is 120 g/mol. The molecule has 2 bridgehead atoms. The van der Waals surface area contributed by atoms with Crippen LogP contribution in [0.3, 0.4) is 0 Å². The molecule has 4 saturated carbocycles. The van der Waals surface area contributed by atoms with Gasteiger partial charge in [-0.05, 0) is 62.2 Å². The van der Waals surface area contributed by atoms with Crippen LogP contribution in [0.15, 0.2) is 0 Å². The largest absolute Gasteiger partial charge is 0.0499 e. The van der Waals surface area contributed by atoms with Gasteiger partial charge < -0.3 is 0 Å². The lowest BCUT2D eigenvalue weighted by Crippen LogP contribution is -2.48. The minimum atomic E-state index is 0.925. The fourth-order valence-electron chi connectivity index (χ4n) is 3.67. The molecule has 0 saturated heterocycles. The number of hydrogen-bond acceptors (Lipinski definition) is 0. The molecule has 4 rings (SSSR count). The fourth-order valence-corrected chi connectivity index (χ4v) is 3.67. The summed E-state index contributed by atoms with van der Waals surface area (Å²) < 4.78 is 0. The third-order valence-electron chi connectivity index (χ3n) is 4.58. The summed E-state index contributed by atoms with van der Waals surface area (Å²) in [6.07, 6.45) is 11.1. The summed E-state index contributed by atoms with van der Waals surface area (Å²) >= 11 is 0. The maximum atomic E-state index is 1.61. The second-order valence-electron chi connectivity index (χ2n) is 4.78. The number of hydrogen-bond donors (Lipinski definition) is 0. The van der Waals surface area contributed by atoms with Crippen LogP contribution in [0, 0.1) is 17.3 Å². The minimum Gasteiger partial charge on any atom is -0.0499 e. The van der Waals surface area contributed by atoms with Crippen LogP contribution in [0.2, 0.25) is 0 Å². The highest BCUT2D eigenvalue weighted by atomic mass is 14.6. The third kappa shape index (κ3) is 0.500. The molecule has 56 valence electrons. The van der Waals surface area contributed by atoms with Crippen molar-refractivity contribution in [1.82, 2.24) is 0 Å². The second kappa shape index (κ2) is 1.60. The van der Waals surface area contributed by atoms with Crippen molar-refractivity contribution in [3.8, 4) is 0 Å². The Hall–Kier alpha value is 0. The van der Waals surface area contributed by atoms with Crippen molar-refractivity contribution in [3.05, 3.63) is 0 Å². The van der Waals surface area contributed by atoms with E-state index < -0.39 is 0 Å². The molecule has 0 N–H and O–H groups in total. The van der Waals surface area contributed by atoms with Crippen LogP contribution in [0.5, 0.6) is 0 Å². The van der Waals surface area contributed by atoms with Crippen LogP contribution < -0.4 is 0 Å². The first-order chi connectivity index (χ1) is 4.89. The van der Waals surface area contributed by atoms with E-state index in [1.807, 2.05) is 0 Å². The van der Waals surface area contributed by atoms with Crippen molar-refractivity contribution >= 4 is 0 Å². The molecule has 1 spiro atoms. The Labute approximate surface area is 63.0 Å². The quantitative estimate of drug-likeness (QED) is 0.480. The average molecular weight is 136 g/mol. The van der Waals surface area contributed by atoms with E-state index in [4.69, 9.17) is 0 Å². The lowest BCUT2D eigenvalue weighted by atomic mass is 9.46. The van der Waals surface area contributed by atoms with Crippen molar-refractivity contribution in [3.63, 3.8) is 0 Å². The molecule has 1 atom stereocenters. The number of fused-ring (bicyclic) bond motifs is 2. The lowest BCUT2D eigenvalue weighted by molar-refractivity contribution is -0.0858. The highest BCUT2D eigenvalue weighted by Gasteiger charge is 2.52. The summed E-state index contributed by atoms with van der Waals surface area (Å²) in [7, 11) is 0. The first-order valence-corrected chi connectivity index (χ1v) is 4.89. The predicted octanol–water partition coefficient (Wildman–Crippen LogP) is 2.98. The van der Waals surface area contributed by atoms with Crippen LogP contribution in [-0.2, 0) is 0 Å². The Bertz CT molecular complexity index is 151. The zero-order chi connectivity index (χ0) is 6.60. The van der Waals surface area contributed by atoms with Gasteiger partial charge in [-0.25, -0.2) is 0 Å². The normalized spacial score (nSPS) is 57.6. The molecule has 0 amide bonds. The first kappa shape index (κ1) is 5.62. The van der Waals surface area contributed by atoms with E-state index in [1.54, 1.807) is 44.9 Å². The van der Waals surface area contributed by atoms with Gasteiger partial charge in [-0.2, -0.15) is 0 Å². The van der Waals surface area contributed by atoms with Gasteiger partial charge in [0.25, 0.3) is 0 Å². The van der Waals surface area contributed by atoms with Crippen molar-refractivity contribution < 1.29 is 0 Å². The monoisotopic (exact) mass is 136 g/mol. The molecular formula is C10H16. The topological polar surface area (TPSA) is 0 Å². The molecule has 4 fully saturated rings. The molecule has 0 aromatic rings. The third-order valence-corrected chi connectivity index (χ3v) is 4.58. The van der Waals surface area contributed by atoms with E-state index >= 15 is 0 Å². The van der Waals surface area contributed by atoms with E-state index in [0.29, 0.717) is 0 Å².